The molecule has 1 aromatic rings. The number of rotatable bonds is 13. The van der Waals surface area contributed by atoms with Crippen molar-refractivity contribution in [1.29, 1.82) is 0 Å². The number of ether oxygens (including phenoxy) is 1. The maximum atomic E-state index is 12.6. The molecule has 2 rings (SSSR count). The Kier molecular flexibility index (Phi) is 11.2. The lowest BCUT2D eigenvalue weighted by Crippen LogP contribution is -2.52. The summed E-state index contributed by atoms with van der Waals surface area (Å²) >= 11 is 0. The normalized spacial score (nSPS) is 18.2. The number of carbonyl (C=O) groups excluding carboxylic acids is 1. The van der Waals surface area contributed by atoms with Gasteiger partial charge in [-0.1, -0.05) is 75.8 Å². The molecule has 1 aromatic carbocycles. The average Bonchev–Trinajstić information content (AvgIpc) is 2.76. The minimum Gasteiger partial charge on any atom is -0.386 e. The van der Waals surface area contributed by atoms with Gasteiger partial charge in [-0.15, -0.1) is 0 Å². The summed E-state index contributed by atoms with van der Waals surface area (Å²) in [6, 6.07) is 8.88. The number of nitrogens with zero attached hydrogens (tertiary/aromatic N) is 1. The molecule has 0 aliphatic carbocycles. The van der Waals surface area contributed by atoms with E-state index < -0.39 is 24.2 Å². The molecule has 0 radical (unpaired) electrons. The molecular weight excluding hydrogens is 368 g/mol. The van der Waals surface area contributed by atoms with E-state index in [9.17, 15) is 15.0 Å². The third-order valence-electron chi connectivity index (χ3n) is 5.54. The van der Waals surface area contributed by atoms with Crippen LogP contribution in [0, 0.1) is 0 Å². The fraction of sp³-hybridized carbons (Fsp3) is 0.696. The molecule has 3 N–H and O–H groups in total. The zero-order valence-corrected chi connectivity index (χ0v) is 17.8. The van der Waals surface area contributed by atoms with E-state index in [2.05, 4.69) is 17.1 Å². The monoisotopic (exact) mass is 406 g/mol. The Bertz CT molecular complexity index is 563. The zero-order valence-electron chi connectivity index (χ0n) is 17.8. The summed E-state index contributed by atoms with van der Waals surface area (Å²) in [6.07, 6.45) is 5.28. The Labute approximate surface area is 175 Å². The van der Waals surface area contributed by atoms with Crippen LogP contribution >= 0.6 is 0 Å². The van der Waals surface area contributed by atoms with E-state index in [4.69, 9.17) is 4.74 Å². The van der Waals surface area contributed by atoms with Gasteiger partial charge in [0, 0.05) is 19.6 Å². The van der Waals surface area contributed by atoms with Crippen molar-refractivity contribution in [2.75, 3.05) is 32.8 Å². The van der Waals surface area contributed by atoms with Gasteiger partial charge in [0.2, 0.25) is 5.91 Å². The van der Waals surface area contributed by atoms with Crippen LogP contribution in [0.4, 0.5) is 0 Å². The molecule has 1 aliphatic heterocycles. The van der Waals surface area contributed by atoms with Crippen molar-refractivity contribution < 1.29 is 19.7 Å². The summed E-state index contributed by atoms with van der Waals surface area (Å²) in [4.78, 5) is 14.8. The summed E-state index contributed by atoms with van der Waals surface area (Å²) in [6.45, 7) is 5.56. The maximum absolute atomic E-state index is 12.6. The number of carbonyl (C=O) groups is 1. The Hall–Kier alpha value is -1.47. The highest BCUT2D eigenvalue weighted by atomic mass is 16.5. The molecule has 1 fully saturated rings. The first kappa shape index (κ1) is 23.8. The Balaban J connectivity index is 1.88. The largest absolute Gasteiger partial charge is 0.386 e. The fourth-order valence-corrected chi connectivity index (χ4v) is 3.70. The van der Waals surface area contributed by atoms with Gasteiger partial charge >= 0.3 is 0 Å². The second kappa shape index (κ2) is 13.7. The van der Waals surface area contributed by atoms with Gasteiger partial charge in [-0.2, -0.15) is 0 Å². The van der Waals surface area contributed by atoms with Gasteiger partial charge in [0.05, 0.1) is 19.3 Å². The fourth-order valence-electron chi connectivity index (χ4n) is 3.70. The van der Waals surface area contributed by atoms with E-state index in [-0.39, 0.29) is 0 Å². The van der Waals surface area contributed by atoms with Crippen LogP contribution in [0.3, 0.4) is 0 Å². The second-order valence-corrected chi connectivity index (χ2v) is 7.96. The molecular formula is C23H38N2O4. The highest BCUT2D eigenvalue weighted by Gasteiger charge is 2.28. The number of aliphatic hydroxyl groups excluding tert-OH is 2. The molecule has 0 bridgehead atoms. The average molecular weight is 407 g/mol. The summed E-state index contributed by atoms with van der Waals surface area (Å²) in [5.41, 5.74) is 0.761. The molecule has 0 spiro atoms. The molecule has 0 aromatic heterocycles. The molecule has 6 nitrogen and oxygen atoms in total. The molecule has 29 heavy (non-hydrogen) atoms. The summed E-state index contributed by atoms with van der Waals surface area (Å²) in [7, 11) is 0. The van der Waals surface area contributed by atoms with E-state index in [1.54, 1.807) is 0 Å². The lowest BCUT2D eigenvalue weighted by molar-refractivity contribution is -0.131. The first-order chi connectivity index (χ1) is 14.1. The number of benzene rings is 1. The predicted molar refractivity (Wildman–Crippen MR) is 115 cm³/mol. The van der Waals surface area contributed by atoms with E-state index >= 15 is 0 Å². The Morgan fingerprint density at radius 2 is 1.72 bits per heavy atom. The van der Waals surface area contributed by atoms with Crippen LogP contribution in [0.2, 0.25) is 0 Å². The highest BCUT2D eigenvalue weighted by Crippen LogP contribution is 2.18. The first-order valence-electron chi connectivity index (χ1n) is 11.1. The van der Waals surface area contributed by atoms with Crippen molar-refractivity contribution in [1.82, 2.24) is 10.2 Å². The standard InChI is InChI=1S/C23H38N2O4/c1-2-3-4-5-6-10-13-21(26)23(28)24-20(18-25-14-16-29-17-15-25)22(27)19-11-8-7-9-12-19/h7-9,11-12,20-22,26-27H,2-6,10,13-18H2,1H3,(H,24,28)/t20-,21+,22-/m0/s1. The Morgan fingerprint density at radius 1 is 1.07 bits per heavy atom. The minimum atomic E-state index is -1.03. The minimum absolute atomic E-state index is 0.396. The van der Waals surface area contributed by atoms with E-state index in [0.29, 0.717) is 26.2 Å². The van der Waals surface area contributed by atoms with Crippen LogP contribution in [-0.2, 0) is 9.53 Å². The number of unbranched alkanes of at least 4 members (excludes halogenated alkanes) is 5. The van der Waals surface area contributed by atoms with Crippen LogP contribution in [0.5, 0.6) is 0 Å². The van der Waals surface area contributed by atoms with Crippen molar-refractivity contribution in [3.63, 3.8) is 0 Å². The van der Waals surface area contributed by atoms with Crippen molar-refractivity contribution >= 4 is 5.91 Å². The molecule has 0 saturated carbocycles. The lowest BCUT2D eigenvalue weighted by Gasteiger charge is -2.33. The molecule has 1 heterocycles. The number of amides is 1. The van der Waals surface area contributed by atoms with Crippen LogP contribution in [0.1, 0.15) is 63.5 Å². The van der Waals surface area contributed by atoms with Crippen molar-refractivity contribution in [3.05, 3.63) is 35.9 Å². The number of nitrogens with one attached hydrogen (secondary N) is 1. The SMILES string of the molecule is CCCCCCCC[C@@H](O)C(=O)N[C@@H](CN1CCOCC1)[C@@H](O)c1ccccc1. The van der Waals surface area contributed by atoms with Gasteiger partial charge < -0.3 is 20.3 Å². The molecule has 6 heteroatoms. The molecule has 3 atom stereocenters. The zero-order chi connectivity index (χ0) is 20.9. The number of morpholine rings is 1. The van der Waals surface area contributed by atoms with Gasteiger partial charge in [-0.25, -0.2) is 0 Å². The smallest absolute Gasteiger partial charge is 0.249 e. The lowest BCUT2D eigenvalue weighted by atomic mass is 10.0. The quantitative estimate of drug-likeness (QED) is 0.439. The van der Waals surface area contributed by atoms with Crippen molar-refractivity contribution in [3.8, 4) is 0 Å². The maximum Gasteiger partial charge on any atom is 0.249 e. The van der Waals surface area contributed by atoms with Crippen LogP contribution in [0.25, 0.3) is 0 Å². The van der Waals surface area contributed by atoms with Gasteiger partial charge in [0.15, 0.2) is 0 Å². The summed E-state index contributed by atoms with van der Waals surface area (Å²) in [5.74, 6) is -0.396. The van der Waals surface area contributed by atoms with Crippen LogP contribution in [0.15, 0.2) is 30.3 Å². The van der Waals surface area contributed by atoms with E-state index in [1.807, 2.05) is 30.3 Å². The Morgan fingerprint density at radius 3 is 2.41 bits per heavy atom. The van der Waals surface area contributed by atoms with Crippen LogP contribution < -0.4 is 5.32 Å². The van der Waals surface area contributed by atoms with Gasteiger partial charge in [-0.05, 0) is 12.0 Å². The third-order valence-corrected chi connectivity index (χ3v) is 5.54. The summed E-state index contributed by atoms with van der Waals surface area (Å²) < 4.78 is 5.39. The van der Waals surface area contributed by atoms with Crippen molar-refractivity contribution in [2.45, 2.75) is 70.1 Å². The third kappa shape index (κ3) is 8.83. The number of hydrogen-bond acceptors (Lipinski definition) is 5. The molecule has 1 aliphatic rings. The van der Waals surface area contributed by atoms with Gasteiger partial charge in [-0.3, -0.25) is 9.69 Å². The number of aliphatic hydroxyl groups is 2. The van der Waals surface area contributed by atoms with Gasteiger partial charge in [0.25, 0.3) is 0 Å². The van der Waals surface area contributed by atoms with E-state index in [1.165, 1.54) is 19.3 Å². The predicted octanol–water partition coefficient (Wildman–Crippen LogP) is 2.65. The van der Waals surface area contributed by atoms with Gasteiger partial charge in [0.1, 0.15) is 12.2 Å². The van der Waals surface area contributed by atoms with E-state index in [0.717, 1.165) is 37.9 Å². The van der Waals surface area contributed by atoms with Crippen molar-refractivity contribution in [2.24, 2.45) is 0 Å². The molecule has 164 valence electrons. The highest BCUT2D eigenvalue weighted by molar-refractivity contribution is 5.80. The second-order valence-electron chi connectivity index (χ2n) is 7.96. The molecule has 0 unspecified atom stereocenters. The van der Waals surface area contributed by atoms with Crippen LogP contribution in [-0.4, -0.2) is 66.0 Å². The first-order valence-corrected chi connectivity index (χ1v) is 11.1. The molecule has 1 saturated heterocycles. The topological polar surface area (TPSA) is 82.0 Å². The summed E-state index contributed by atoms with van der Waals surface area (Å²) in [5, 5.41) is 24.1. The number of hydrogen-bond donors (Lipinski definition) is 3. The molecule has 1 amide bonds.